The van der Waals surface area contributed by atoms with E-state index >= 15 is 0 Å². The molecule has 104 valence electrons. The summed E-state index contributed by atoms with van der Waals surface area (Å²) in [4.78, 5) is 11.3. The Morgan fingerprint density at radius 1 is 1.26 bits per heavy atom. The van der Waals surface area contributed by atoms with Gasteiger partial charge in [0.2, 0.25) is 5.78 Å². The van der Waals surface area contributed by atoms with Crippen LogP contribution in [-0.4, -0.2) is 38.4 Å². The smallest absolute Gasteiger partial charge is 0.411 e. The van der Waals surface area contributed by atoms with E-state index in [0.717, 1.165) is 0 Å². The van der Waals surface area contributed by atoms with Gasteiger partial charge in [0.05, 0.1) is 12.2 Å². The van der Waals surface area contributed by atoms with Gasteiger partial charge in [-0.1, -0.05) is 0 Å². The summed E-state index contributed by atoms with van der Waals surface area (Å²) in [7, 11) is 0. The molecule has 0 N–H and O–H groups in total. The van der Waals surface area contributed by atoms with Crippen LogP contribution in [0.25, 0.3) is 0 Å². The number of benzene rings is 1. The van der Waals surface area contributed by atoms with Gasteiger partial charge in [0.1, 0.15) is 24.7 Å². The van der Waals surface area contributed by atoms with E-state index in [2.05, 4.69) is 4.74 Å². The molecular formula is C12H11F3O4. The summed E-state index contributed by atoms with van der Waals surface area (Å²) in [6.45, 7) is -1.47. The average Bonchev–Trinajstić information content (AvgIpc) is 2.69. The standard InChI is InChI=1S/C12H11F3O4/c13-12(14,15)7-17-3-4-18-8-1-2-9-10(16)6-19-11(9)5-8/h1-2,5H,3-4,6-7H2. The van der Waals surface area contributed by atoms with Gasteiger partial charge in [-0.15, -0.1) is 0 Å². The molecular weight excluding hydrogens is 265 g/mol. The maximum absolute atomic E-state index is 11.8. The molecule has 0 saturated carbocycles. The van der Waals surface area contributed by atoms with Gasteiger partial charge in [-0.3, -0.25) is 4.79 Å². The molecule has 0 unspecified atom stereocenters. The van der Waals surface area contributed by atoms with Crippen molar-refractivity contribution < 1.29 is 32.2 Å². The van der Waals surface area contributed by atoms with E-state index < -0.39 is 12.8 Å². The summed E-state index contributed by atoms with van der Waals surface area (Å²) in [5.41, 5.74) is 0.487. The SMILES string of the molecule is O=C1COc2cc(OCCOCC(F)(F)F)ccc21. The minimum absolute atomic E-state index is 0.00742. The fourth-order valence-corrected chi connectivity index (χ4v) is 1.57. The third kappa shape index (κ3) is 3.85. The minimum atomic E-state index is -4.33. The second-order valence-corrected chi connectivity index (χ2v) is 3.89. The Kier molecular flexibility index (Phi) is 3.94. The summed E-state index contributed by atoms with van der Waals surface area (Å²) in [6.07, 6.45) is -4.33. The van der Waals surface area contributed by atoms with Gasteiger partial charge in [-0.2, -0.15) is 13.2 Å². The highest BCUT2D eigenvalue weighted by Gasteiger charge is 2.27. The molecule has 7 heteroatoms. The molecule has 0 fully saturated rings. The zero-order chi connectivity index (χ0) is 13.9. The van der Waals surface area contributed by atoms with Gasteiger partial charge >= 0.3 is 6.18 Å². The summed E-state index contributed by atoms with van der Waals surface area (Å²) in [5.74, 6) is 0.748. The normalized spacial score (nSPS) is 14.2. The lowest BCUT2D eigenvalue weighted by Gasteiger charge is -2.09. The van der Waals surface area contributed by atoms with Crippen LogP contribution in [0.1, 0.15) is 10.4 Å². The number of ketones is 1. The Morgan fingerprint density at radius 3 is 2.79 bits per heavy atom. The minimum Gasteiger partial charge on any atom is -0.491 e. The molecule has 0 spiro atoms. The van der Waals surface area contributed by atoms with Crippen molar-refractivity contribution >= 4 is 5.78 Å². The molecule has 0 radical (unpaired) electrons. The first-order chi connectivity index (χ1) is 8.96. The van der Waals surface area contributed by atoms with Crippen LogP contribution in [0, 0.1) is 0 Å². The Morgan fingerprint density at radius 2 is 2.05 bits per heavy atom. The molecule has 1 heterocycles. The van der Waals surface area contributed by atoms with Crippen molar-refractivity contribution in [3.63, 3.8) is 0 Å². The molecule has 4 nitrogen and oxygen atoms in total. The number of ether oxygens (including phenoxy) is 3. The Balaban J connectivity index is 1.77. The van der Waals surface area contributed by atoms with E-state index in [1.54, 1.807) is 12.1 Å². The number of hydrogen-bond donors (Lipinski definition) is 0. The predicted molar refractivity (Wildman–Crippen MR) is 58.6 cm³/mol. The van der Waals surface area contributed by atoms with E-state index in [4.69, 9.17) is 9.47 Å². The van der Waals surface area contributed by atoms with E-state index in [1.807, 2.05) is 0 Å². The molecule has 1 aliphatic heterocycles. The lowest BCUT2D eigenvalue weighted by molar-refractivity contribution is -0.175. The zero-order valence-corrected chi connectivity index (χ0v) is 9.83. The maximum atomic E-state index is 11.8. The van der Waals surface area contributed by atoms with Crippen molar-refractivity contribution in [3.05, 3.63) is 23.8 Å². The molecule has 0 saturated heterocycles. The molecule has 1 aromatic rings. The average molecular weight is 276 g/mol. The lowest BCUT2D eigenvalue weighted by Crippen LogP contribution is -2.19. The van der Waals surface area contributed by atoms with Crippen LogP contribution in [0.4, 0.5) is 13.2 Å². The van der Waals surface area contributed by atoms with Crippen molar-refractivity contribution in [2.24, 2.45) is 0 Å². The largest absolute Gasteiger partial charge is 0.491 e. The van der Waals surface area contributed by atoms with Gasteiger partial charge in [-0.05, 0) is 12.1 Å². The summed E-state index contributed by atoms with van der Waals surface area (Å²) >= 11 is 0. The summed E-state index contributed by atoms with van der Waals surface area (Å²) < 4.78 is 50.0. The number of rotatable bonds is 5. The topological polar surface area (TPSA) is 44.8 Å². The van der Waals surface area contributed by atoms with Crippen LogP contribution in [0.2, 0.25) is 0 Å². The first-order valence-electron chi connectivity index (χ1n) is 5.53. The Labute approximate surface area is 107 Å². The number of Topliss-reactive ketones (excluding diaryl/α,β-unsaturated/α-hetero) is 1. The third-order valence-corrected chi connectivity index (χ3v) is 2.37. The number of alkyl halides is 3. The van der Waals surface area contributed by atoms with Crippen molar-refractivity contribution in [1.29, 1.82) is 0 Å². The van der Waals surface area contributed by atoms with Crippen LogP contribution >= 0.6 is 0 Å². The molecule has 0 atom stereocenters. The first kappa shape index (κ1) is 13.7. The van der Waals surface area contributed by atoms with Crippen molar-refractivity contribution in [3.8, 4) is 11.5 Å². The second-order valence-electron chi connectivity index (χ2n) is 3.89. The molecule has 2 rings (SSSR count). The fraction of sp³-hybridized carbons (Fsp3) is 0.417. The van der Waals surface area contributed by atoms with Gasteiger partial charge < -0.3 is 14.2 Å². The Bertz CT molecular complexity index is 471. The summed E-state index contributed by atoms with van der Waals surface area (Å²) in [6, 6.07) is 4.66. The number of hydrogen-bond acceptors (Lipinski definition) is 4. The van der Waals surface area contributed by atoms with Crippen LogP contribution in [-0.2, 0) is 4.74 Å². The van der Waals surface area contributed by atoms with Gasteiger partial charge in [0.25, 0.3) is 0 Å². The van der Waals surface area contributed by atoms with E-state index in [9.17, 15) is 18.0 Å². The molecule has 0 aromatic heterocycles. The van der Waals surface area contributed by atoms with Crippen molar-refractivity contribution in [2.45, 2.75) is 6.18 Å². The maximum Gasteiger partial charge on any atom is 0.411 e. The highest BCUT2D eigenvalue weighted by molar-refractivity contribution is 6.02. The lowest BCUT2D eigenvalue weighted by atomic mass is 10.1. The predicted octanol–water partition coefficient (Wildman–Crippen LogP) is 2.22. The number of halogens is 3. The summed E-state index contributed by atoms with van der Waals surface area (Å²) in [5, 5.41) is 0. The first-order valence-corrected chi connectivity index (χ1v) is 5.53. The molecule has 0 amide bonds. The monoisotopic (exact) mass is 276 g/mol. The van der Waals surface area contributed by atoms with E-state index in [-0.39, 0.29) is 25.6 Å². The highest BCUT2D eigenvalue weighted by Crippen LogP contribution is 2.29. The van der Waals surface area contributed by atoms with Crippen LogP contribution < -0.4 is 9.47 Å². The van der Waals surface area contributed by atoms with Gasteiger partial charge in [-0.25, -0.2) is 0 Å². The van der Waals surface area contributed by atoms with Crippen molar-refractivity contribution in [1.82, 2.24) is 0 Å². The Hall–Kier alpha value is -1.76. The van der Waals surface area contributed by atoms with Crippen LogP contribution in [0.15, 0.2) is 18.2 Å². The molecule has 1 aromatic carbocycles. The number of carbonyl (C=O) groups excluding carboxylic acids is 1. The molecule has 0 aliphatic carbocycles. The van der Waals surface area contributed by atoms with Crippen molar-refractivity contribution in [2.75, 3.05) is 26.4 Å². The van der Waals surface area contributed by atoms with E-state index in [0.29, 0.717) is 17.1 Å². The fourth-order valence-electron chi connectivity index (χ4n) is 1.57. The van der Waals surface area contributed by atoms with E-state index in [1.165, 1.54) is 6.07 Å². The molecule has 1 aliphatic rings. The van der Waals surface area contributed by atoms with Crippen LogP contribution in [0.3, 0.4) is 0 Å². The molecule has 0 bridgehead atoms. The molecule has 19 heavy (non-hydrogen) atoms. The van der Waals surface area contributed by atoms with Crippen LogP contribution in [0.5, 0.6) is 11.5 Å². The number of carbonyl (C=O) groups is 1. The van der Waals surface area contributed by atoms with Gasteiger partial charge in [0.15, 0.2) is 6.61 Å². The quantitative estimate of drug-likeness (QED) is 0.773. The van der Waals surface area contributed by atoms with Gasteiger partial charge in [0, 0.05) is 6.07 Å². The third-order valence-electron chi connectivity index (χ3n) is 2.37. The zero-order valence-electron chi connectivity index (χ0n) is 9.83. The second kappa shape index (κ2) is 5.48. The highest BCUT2D eigenvalue weighted by atomic mass is 19.4. The number of fused-ring (bicyclic) bond motifs is 1.